The van der Waals surface area contributed by atoms with Crippen LogP contribution in [0.2, 0.25) is 0 Å². The van der Waals surface area contributed by atoms with Crippen molar-refractivity contribution in [2.75, 3.05) is 60.0 Å². The van der Waals surface area contributed by atoms with Crippen molar-refractivity contribution in [1.82, 2.24) is 15.1 Å². The highest BCUT2D eigenvalue weighted by Gasteiger charge is 2.22. The van der Waals surface area contributed by atoms with Crippen LogP contribution in [0.25, 0.3) is 0 Å². The second-order valence-electron chi connectivity index (χ2n) is 5.81. The molecular formula is C15H33N3O. The van der Waals surface area contributed by atoms with Crippen molar-refractivity contribution >= 4 is 0 Å². The number of likely N-dealkylation sites (N-methyl/N-ethyl adjacent to an activating group) is 1. The highest BCUT2D eigenvalue weighted by Crippen LogP contribution is 2.20. The molecule has 1 saturated heterocycles. The molecule has 1 rings (SSSR count). The fraction of sp³-hybridized carbons (Fsp3) is 1.00. The minimum Gasteiger partial charge on any atom is -0.383 e. The van der Waals surface area contributed by atoms with Crippen molar-refractivity contribution in [2.45, 2.75) is 32.7 Å². The van der Waals surface area contributed by atoms with E-state index in [-0.39, 0.29) is 0 Å². The molecule has 1 aliphatic heterocycles. The summed E-state index contributed by atoms with van der Waals surface area (Å²) in [5.41, 5.74) is 0. The van der Waals surface area contributed by atoms with Crippen LogP contribution in [0.15, 0.2) is 0 Å². The minimum atomic E-state index is 0.648. The number of methoxy groups -OCH3 is 1. The first kappa shape index (κ1) is 16.9. The highest BCUT2D eigenvalue weighted by atomic mass is 16.5. The standard InChI is InChI=1S/C15H33N3O/c1-5-18-9-6-15(7-10-18)14(2)16-8-11-17(3)12-13-19-4/h14-16H,5-13H2,1-4H3. The Morgan fingerprint density at radius 3 is 2.58 bits per heavy atom. The smallest absolute Gasteiger partial charge is 0.0589 e. The fourth-order valence-electron chi connectivity index (χ4n) is 2.78. The van der Waals surface area contributed by atoms with Crippen LogP contribution in [-0.4, -0.2) is 75.9 Å². The second kappa shape index (κ2) is 9.70. The fourth-order valence-corrected chi connectivity index (χ4v) is 2.78. The normalized spacial score (nSPS) is 20.1. The molecule has 19 heavy (non-hydrogen) atoms. The van der Waals surface area contributed by atoms with Gasteiger partial charge in [0.05, 0.1) is 6.61 Å². The number of hydrogen-bond acceptors (Lipinski definition) is 4. The SMILES string of the molecule is CCN1CCC(C(C)NCCN(C)CCOC)CC1. The summed E-state index contributed by atoms with van der Waals surface area (Å²) in [6.07, 6.45) is 2.70. The summed E-state index contributed by atoms with van der Waals surface area (Å²) in [5, 5.41) is 3.69. The van der Waals surface area contributed by atoms with Gasteiger partial charge in [-0.2, -0.15) is 0 Å². The quantitative estimate of drug-likeness (QED) is 0.683. The maximum absolute atomic E-state index is 5.09. The Morgan fingerprint density at radius 2 is 2.00 bits per heavy atom. The summed E-state index contributed by atoms with van der Waals surface area (Å²) in [6.45, 7) is 12.4. The lowest BCUT2D eigenvalue weighted by atomic mass is 9.90. The Morgan fingerprint density at radius 1 is 1.32 bits per heavy atom. The zero-order valence-corrected chi connectivity index (χ0v) is 13.3. The van der Waals surface area contributed by atoms with Crippen LogP contribution >= 0.6 is 0 Å². The van der Waals surface area contributed by atoms with E-state index in [0.717, 1.165) is 32.2 Å². The molecule has 0 aliphatic carbocycles. The van der Waals surface area contributed by atoms with E-state index >= 15 is 0 Å². The molecule has 4 heteroatoms. The van der Waals surface area contributed by atoms with Gasteiger partial charge < -0.3 is 19.9 Å². The van der Waals surface area contributed by atoms with Gasteiger partial charge in [0.2, 0.25) is 0 Å². The Balaban J connectivity index is 2.09. The summed E-state index contributed by atoms with van der Waals surface area (Å²) in [6, 6.07) is 0.648. The van der Waals surface area contributed by atoms with E-state index in [1.165, 1.54) is 32.5 Å². The predicted molar refractivity (Wildman–Crippen MR) is 81.7 cm³/mol. The van der Waals surface area contributed by atoms with Gasteiger partial charge in [-0.05, 0) is 52.4 Å². The minimum absolute atomic E-state index is 0.648. The molecule has 0 amide bonds. The van der Waals surface area contributed by atoms with Gasteiger partial charge in [-0.25, -0.2) is 0 Å². The molecule has 0 saturated carbocycles. The Bertz CT molecular complexity index is 217. The van der Waals surface area contributed by atoms with E-state index < -0.39 is 0 Å². The number of rotatable bonds is 9. The summed E-state index contributed by atoms with van der Waals surface area (Å²) in [4.78, 5) is 4.88. The molecule has 114 valence electrons. The highest BCUT2D eigenvalue weighted by molar-refractivity contribution is 4.79. The first-order chi connectivity index (χ1) is 9.17. The number of nitrogens with zero attached hydrogens (tertiary/aromatic N) is 2. The maximum Gasteiger partial charge on any atom is 0.0589 e. The first-order valence-corrected chi connectivity index (χ1v) is 7.80. The lowest BCUT2D eigenvalue weighted by Gasteiger charge is -2.34. The number of nitrogens with one attached hydrogen (secondary N) is 1. The van der Waals surface area contributed by atoms with Gasteiger partial charge in [0.25, 0.3) is 0 Å². The molecule has 4 nitrogen and oxygen atoms in total. The van der Waals surface area contributed by atoms with E-state index in [9.17, 15) is 0 Å². The Labute approximate surface area is 119 Å². The zero-order chi connectivity index (χ0) is 14.1. The number of piperidine rings is 1. The third kappa shape index (κ3) is 6.70. The van der Waals surface area contributed by atoms with Crippen molar-refractivity contribution in [3.63, 3.8) is 0 Å². The predicted octanol–water partition coefficient (Wildman–Crippen LogP) is 1.27. The average Bonchev–Trinajstić information content (AvgIpc) is 2.45. The molecule has 1 aliphatic rings. The lowest BCUT2D eigenvalue weighted by molar-refractivity contribution is 0.154. The van der Waals surface area contributed by atoms with Crippen LogP contribution < -0.4 is 5.32 Å². The molecular weight excluding hydrogens is 238 g/mol. The number of ether oxygens (including phenoxy) is 1. The van der Waals surface area contributed by atoms with Crippen LogP contribution in [0.5, 0.6) is 0 Å². The van der Waals surface area contributed by atoms with Crippen LogP contribution in [0.4, 0.5) is 0 Å². The van der Waals surface area contributed by atoms with E-state index in [1.807, 2.05) is 0 Å². The van der Waals surface area contributed by atoms with Crippen molar-refractivity contribution < 1.29 is 4.74 Å². The van der Waals surface area contributed by atoms with Crippen LogP contribution in [0, 0.1) is 5.92 Å². The van der Waals surface area contributed by atoms with Gasteiger partial charge in [-0.3, -0.25) is 0 Å². The number of likely N-dealkylation sites (tertiary alicyclic amines) is 1. The van der Waals surface area contributed by atoms with E-state index in [4.69, 9.17) is 4.74 Å². The molecule has 0 spiro atoms. The topological polar surface area (TPSA) is 27.7 Å². The molecule has 1 atom stereocenters. The monoisotopic (exact) mass is 271 g/mol. The van der Waals surface area contributed by atoms with Crippen molar-refractivity contribution in [1.29, 1.82) is 0 Å². The van der Waals surface area contributed by atoms with Crippen molar-refractivity contribution in [3.05, 3.63) is 0 Å². The molecule has 0 aromatic rings. The summed E-state index contributed by atoms with van der Waals surface area (Å²) in [5.74, 6) is 0.854. The van der Waals surface area contributed by atoms with Gasteiger partial charge in [0.15, 0.2) is 0 Å². The summed E-state index contributed by atoms with van der Waals surface area (Å²) in [7, 11) is 3.92. The Kier molecular flexibility index (Phi) is 8.62. The van der Waals surface area contributed by atoms with Crippen LogP contribution in [0.3, 0.4) is 0 Å². The Hall–Kier alpha value is -0.160. The third-order valence-electron chi connectivity index (χ3n) is 4.42. The molecule has 1 heterocycles. The van der Waals surface area contributed by atoms with Crippen molar-refractivity contribution in [2.24, 2.45) is 5.92 Å². The zero-order valence-electron chi connectivity index (χ0n) is 13.3. The summed E-state index contributed by atoms with van der Waals surface area (Å²) >= 11 is 0. The van der Waals surface area contributed by atoms with E-state index in [0.29, 0.717) is 6.04 Å². The third-order valence-corrected chi connectivity index (χ3v) is 4.42. The molecule has 0 aromatic carbocycles. The maximum atomic E-state index is 5.09. The van der Waals surface area contributed by atoms with Crippen LogP contribution in [0.1, 0.15) is 26.7 Å². The second-order valence-corrected chi connectivity index (χ2v) is 5.81. The average molecular weight is 271 g/mol. The molecule has 1 N–H and O–H groups in total. The molecule has 0 aromatic heterocycles. The van der Waals surface area contributed by atoms with Crippen molar-refractivity contribution in [3.8, 4) is 0 Å². The molecule has 0 bridgehead atoms. The lowest BCUT2D eigenvalue weighted by Crippen LogP contribution is -2.43. The molecule has 1 fully saturated rings. The van der Waals surface area contributed by atoms with E-state index in [2.05, 4.69) is 36.0 Å². The largest absolute Gasteiger partial charge is 0.383 e. The van der Waals surface area contributed by atoms with Crippen LogP contribution in [-0.2, 0) is 4.74 Å². The van der Waals surface area contributed by atoms with Gasteiger partial charge in [0.1, 0.15) is 0 Å². The van der Waals surface area contributed by atoms with E-state index in [1.54, 1.807) is 7.11 Å². The van der Waals surface area contributed by atoms with Gasteiger partial charge >= 0.3 is 0 Å². The molecule has 0 radical (unpaired) electrons. The van der Waals surface area contributed by atoms with Gasteiger partial charge in [-0.15, -0.1) is 0 Å². The van der Waals surface area contributed by atoms with Gasteiger partial charge in [-0.1, -0.05) is 6.92 Å². The first-order valence-electron chi connectivity index (χ1n) is 7.80. The van der Waals surface area contributed by atoms with Gasteiger partial charge in [0, 0.05) is 32.8 Å². The number of hydrogen-bond donors (Lipinski definition) is 1. The summed E-state index contributed by atoms with van der Waals surface area (Å²) < 4.78 is 5.09. The molecule has 1 unspecified atom stereocenters.